The molecule has 0 aromatic heterocycles. The standard InChI is InChI=1S/C13H16F4N2O.2ClH/c1-8-2-3-9(11(20)10(8)14)12(13(15,16)17)19-6-4-18-5-7-19;;/h2-3,12,18,20H,4-7H2,1H3;2*1H/t12-;;/m0../s1. The van der Waals surface area contributed by atoms with Gasteiger partial charge in [0.25, 0.3) is 0 Å². The Balaban J connectivity index is 0.00000220. The molecule has 1 heterocycles. The van der Waals surface area contributed by atoms with Gasteiger partial charge >= 0.3 is 6.18 Å². The summed E-state index contributed by atoms with van der Waals surface area (Å²) < 4.78 is 53.6. The van der Waals surface area contributed by atoms with E-state index in [2.05, 4.69) is 5.32 Å². The highest BCUT2D eigenvalue weighted by Gasteiger charge is 2.46. The van der Waals surface area contributed by atoms with Crippen molar-refractivity contribution in [2.45, 2.75) is 19.1 Å². The van der Waals surface area contributed by atoms with Crippen LogP contribution in [0.1, 0.15) is 17.2 Å². The van der Waals surface area contributed by atoms with E-state index < -0.39 is 29.3 Å². The molecule has 128 valence electrons. The van der Waals surface area contributed by atoms with Crippen molar-refractivity contribution >= 4 is 24.8 Å². The third-order valence-corrected chi connectivity index (χ3v) is 3.46. The number of rotatable bonds is 2. The van der Waals surface area contributed by atoms with Gasteiger partial charge in [-0.05, 0) is 12.5 Å². The van der Waals surface area contributed by atoms with E-state index in [0.717, 1.165) is 6.07 Å². The Kier molecular flexibility index (Phi) is 7.91. The number of halogens is 6. The molecule has 0 spiro atoms. The number of hydrogen-bond donors (Lipinski definition) is 2. The number of nitrogens with zero attached hydrogens (tertiary/aromatic N) is 1. The molecule has 1 atom stereocenters. The van der Waals surface area contributed by atoms with Crippen LogP contribution in [-0.4, -0.2) is 42.4 Å². The van der Waals surface area contributed by atoms with Crippen molar-refractivity contribution in [2.75, 3.05) is 26.2 Å². The van der Waals surface area contributed by atoms with Gasteiger partial charge in [-0.2, -0.15) is 13.2 Å². The van der Waals surface area contributed by atoms with E-state index in [-0.39, 0.29) is 43.5 Å². The first-order valence-corrected chi connectivity index (χ1v) is 6.32. The van der Waals surface area contributed by atoms with Crippen LogP contribution in [0.15, 0.2) is 12.1 Å². The first kappa shape index (κ1) is 21.2. The third kappa shape index (κ3) is 4.38. The Morgan fingerprint density at radius 1 is 1.18 bits per heavy atom. The van der Waals surface area contributed by atoms with Crippen molar-refractivity contribution < 1.29 is 22.7 Å². The monoisotopic (exact) mass is 364 g/mol. The lowest BCUT2D eigenvalue weighted by molar-refractivity contribution is -0.188. The summed E-state index contributed by atoms with van der Waals surface area (Å²) in [5.74, 6) is -1.90. The summed E-state index contributed by atoms with van der Waals surface area (Å²) in [6.45, 7) is 2.65. The predicted molar refractivity (Wildman–Crippen MR) is 80.5 cm³/mol. The number of phenols is 1. The number of nitrogens with one attached hydrogen (secondary N) is 1. The summed E-state index contributed by atoms with van der Waals surface area (Å²) in [5.41, 5.74) is -0.310. The van der Waals surface area contributed by atoms with E-state index in [1.54, 1.807) is 0 Å². The Morgan fingerprint density at radius 2 is 1.73 bits per heavy atom. The van der Waals surface area contributed by atoms with Crippen LogP contribution >= 0.6 is 24.8 Å². The minimum atomic E-state index is -4.57. The molecular formula is C13H18Cl2F4N2O. The number of piperazine rings is 1. The second kappa shape index (κ2) is 8.19. The zero-order chi connectivity index (χ0) is 14.9. The van der Waals surface area contributed by atoms with Crippen molar-refractivity contribution in [1.82, 2.24) is 10.2 Å². The van der Waals surface area contributed by atoms with Crippen molar-refractivity contribution in [1.29, 1.82) is 0 Å². The zero-order valence-corrected chi connectivity index (χ0v) is 13.4. The second-order valence-electron chi connectivity index (χ2n) is 4.86. The van der Waals surface area contributed by atoms with Gasteiger partial charge in [-0.15, -0.1) is 24.8 Å². The van der Waals surface area contributed by atoms with E-state index >= 15 is 0 Å². The van der Waals surface area contributed by atoms with Gasteiger partial charge in [0, 0.05) is 31.7 Å². The largest absolute Gasteiger partial charge is 0.505 e. The van der Waals surface area contributed by atoms with E-state index in [0.29, 0.717) is 13.1 Å². The molecule has 0 amide bonds. The van der Waals surface area contributed by atoms with Crippen LogP contribution in [0.25, 0.3) is 0 Å². The zero-order valence-electron chi connectivity index (χ0n) is 11.8. The van der Waals surface area contributed by atoms with E-state index in [1.807, 2.05) is 0 Å². The van der Waals surface area contributed by atoms with Gasteiger partial charge in [0.2, 0.25) is 0 Å². The average molecular weight is 365 g/mol. The molecule has 0 radical (unpaired) electrons. The fourth-order valence-electron chi connectivity index (χ4n) is 2.42. The lowest BCUT2D eigenvalue weighted by Crippen LogP contribution is -2.49. The van der Waals surface area contributed by atoms with Gasteiger partial charge < -0.3 is 10.4 Å². The molecule has 2 rings (SSSR count). The Labute approximate surface area is 138 Å². The molecular weight excluding hydrogens is 347 g/mol. The fraction of sp³-hybridized carbons (Fsp3) is 0.538. The van der Waals surface area contributed by atoms with Crippen LogP contribution in [-0.2, 0) is 0 Å². The van der Waals surface area contributed by atoms with E-state index in [1.165, 1.54) is 17.9 Å². The number of aromatic hydroxyl groups is 1. The summed E-state index contributed by atoms with van der Waals surface area (Å²) in [6.07, 6.45) is -4.57. The third-order valence-electron chi connectivity index (χ3n) is 3.46. The van der Waals surface area contributed by atoms with Crippen LogP contribution in [0, 0.1) is 12.7 Å². The lowest BCUT2D eigenvalue weighted by atomic mass is 10.0. The van der Waals surface area contributed by atoms with Gasteiger partial charge in [-0.1, -0.05) is 12.1 Å². The molecule has 1 aromatic carbocycles. The van der Waals surface area contributed by atoms with Gasteiger partial charge in [0.15, 0.2) is 11.6 Å². The SMILES string of the molecule is Cc1ccc([C@H](N2CCNCC2)C(F)(F)F)c(O)c1F.Cl.Cl. The van der Waals surface area contributed by atoms with Crippen molar-refractivity contribution in [3.8, 4) is 5.75 Å². The summed E-state index contributed by atoms with van der Waals surface area (Å²) in [6, 6.07) is 0.416. The number of benzene rings is 1. The smallest absolute Gasteiger partial charge is 0.408 e. The molecule has 1 fully saturated rings. The van der Waals surface area contributed by atoms with Gasteiger partial charge in [0.1, 0.15) is 6.04 Å². The topological polar surface area (TPSA) is 35.5 Å². The van der Waals surface area contributed by atoms with Crippen LogP contribution < -0.4 is 5.32 Å². The Morgan fingerprint density at radius 3 is 2.23 bits per heavy atom. The number of aryl methyl sites for hydroxylation is 1. The van der Waals surface area contributed by atoms with Crippen LogP contribution in [0.5, 0.6) is 5.75 Å². The molecule has 2 N–H and O–H groups in total. The van der Waals surface area contributed by atoms with Crippen LogP contribution in [0.4, 0.5) is 17.6 Å². The summed E-state index contributed by atoms with van der Waals surface area (Å²) >= 11 is 0. The number of alkyl halides is 3. The van der Waals surface area contributed by atoms with Gasteiger partial charge in [0.05, 0.1) is 0 Å². The molecule has 1 saturated heterocycles. The first-order valence-electron chi connectivity index (χ1n) is 6.32. The molecule has 0 unspecified atom stereocenters. The van der Waals surface area contributed by atoms with Crippen LogP contribution in [0.3, 0.4) is 0 Å². The predicted octanol–water partition coefficient (Wildman–Crippen LogP) is 3.19. The minimum Gasteiger partial charge on any atom is -0.505 e. The van der Waals surface area contributed by atoms with Crippen molar-refractivity contribution in [3.05, 3.63) is 29.1 Å². The molecule has 1 aliphatic heterocycles. The van der Waals surface area contributed by atoms with Crippen molar-refractivity contribution in [2.24, 2.45) is 0 Å². The summed E-state index contributed by atoms with van der Waals surface area (Å²) in [5, 5.41) is 12.7. The lowest BCUT2D eigenvalue weighted by Gasteiger charge is -2.36. The maximum absolute atomic E-state index is 13.7. The number of hydrogen-bond acceptors (Lipinski definition) is 3. The quantitative estimate of drug-likeness (QED) is 0.791. The molecule has 0 bridgehead atoms. The second-order valence-corrected chi connectivity index (χ2v) is 4.86. The average Bonchev–Trinajstić information content (AvgIpc) is 2.39. The van der Waals surface area contributed by atoms with E-state index in [4.69, 9.17) is 0 Å². The molecule has 1 aromatic rings. The highest BCUT2D eigenvalue weighted by Crippen LogP contribution is 2.42. The molecule has 9 heteroatoms. The van der Waals surface area contributed by atoms with Crippen LogP contribution in [0.2, 0.25) is 0 Å². The highest BCUT2D eigenvalue weighted by atomic mass is 35.5. The molecule has 3 nitrogen and oxygen atoms in total. The first-order chi connectivity index (χ1) is 9.32. The Bertz CT molecular complexity index is 494. The molecule has 0 aliphatic carbocycles. The normalized spacial score (nSPS) is 17.3. The fourth-order valence-corrected chi connectivity index (χ4v) is 2.42. The summed E-state index contributed by atoms with van der Waals surface area (Å²) in [7, 11) is 0. The van der Waals surface area contributed by atoms with Crippen molar-refractivity contribution in [3.63, 3.8) is 0 Å². The highest BCUT2D eigenvalue weighted by molar-refractivity contribution is 5.85. The molecule has 0 saturated carbocycles. The van der Waals surface area contributed by atoms with Gasteiger partial charge in [-0.25, -0.2) is 4.39 Å². The van der Waals surface area contributed by atoms with E-state index in [9.17, 15) is 22.7 Å². The summed E-state index contributed by atoms with van der Waals surface area (Å²) in [4.78, 5) is 1.21. The molecule has 22 heavy (non-hydrogen) atoms. The maximum Gasteiger partial charge on any atom is 0.408 e. The minimum absolute atomic E-state index is 0. The Hall–Kier alpha value is -0.760. The van der Waals surface area contributed by atoms with Gasteiger partial charge in [-0.3, -0.25) is 4.90 Å². The molecule has 1 aliphatic rings. The number of phenolic OH excluding ortho intramolecular Hbond substituents is 1. The maximum atomic E-state index is 13.7.